The maximum absolute atomic E-state index is 11.7. The molecule has 2 aliphatic heterocycles. The molecule has 4 rings (SSSR count). The Morgan fingerprint density at radius 1 is 1.44 bits per heavy atom. The molecule has 2 fully saturated rings. The minimum Gasteiger partial charge on any atom is -0.388 e. The Bertz CT molecular complexity index is 829. The number of aliphatic hydroxyl groups is 1. The molecule has 2 aromatic heterocycles. The second-order valence-corrected chi connectivity index (χ2v) is 8.72. The minimum atomic E-state index is -0.971. The van der Waals surface area contributed by atoms with Crippen molar-refractivity contribution in [3.63, 3.8) is 0 Å². The number of carbonyl (C=O) groups is 1. The van der Waals surface area contributed by atoms with Gasteiger partial charge in [0, 0.05) is 25.9 Å². The number of thiophene rings is 1. The molecule has 2 N–H and O–H groups in total. The standard InChI is InChI=1S/C19H26N4O3S/c1-3-15(24)22-14-10-26-19(11-18(14,2)25)5-7-23(8-6-19)16-13-4-9-27-17(13)21-12-20-16/h4,9,12,14,25H,3,5-8,10-11H2,1-2H3,(H,22,24)/t14-,18-/m0/s1. The van der Waals surface area contributed by atoms with Crippen LogP contribution in [0.3, 0.4) is 0 Å². The second kappa shape index (κ2) is 7.00. The van der Waals surface area contributed by atoms with Gasteiger partial charge in [-0.25, -0.2) is 9.97 Å². The van der Waals surface area contributed by atoms with E-state index in [1.807, 2.05) is 19.2 Å². The number of rotatable bonds is 3. The fourth-order valence-electron chi connectivity index (χ4n) is 4.24. The number of piperidine rings is 1. The molecule has 2 saturated heterocycles. The molecule has 0 aliphatic carbocycles. The van der Waals surface area contributed by atoms with Gasteiger partial charge >= 0.3 is 0 Å². The molecule has 8 heteroatoms. The Hall–Kier alpha value is -1.77. The SMILES string of the molecule is CCC(=O)N[C@H]1COC2(CCN(c3ncnc4sccc34)CC2)C[C@]1(C)O. The summed E-state index contributed by atoms with van der Waals surface area (Å²) >= 11 is 1.62. The quantitative estimate of drug-likeness (QED) is 0.835. The van der Waals surface area contributed by atoms with Gasteiger partial charge in [-0.15, -0.1) is 11.3 Å². The van der Waals surface area contributed by atoms with E-state index in [1.165, 1.54) is 0 Å². The Labute approximate surface area is 162 Å². The van der Waals surface area contributed by atoms with E-state index in [-0.39, 0.29) is 17.6 Å². The van der Waals surface area contributed by atoms with E-state index in [1.54, 1.807) is 17.7 Å². The number of hydrogen-bond donors (Lipinski definition) is 2. The van der Waals surface area contributed by atoms with Gasteiger partial charge in [0.1, 0.15) is 17.0 Å². The number of anilines is 1. The number of ether oxygens (including phenoxy) is 1. The summed E-state index contributed by atoms with van der Waals surface area (Å²) in [6.45, 7) is 5.61. The van der Waals surface area contributed by atoms with Crippen molar-refractivity contribution in [3.05, 3.63) is 17.8 Å². The lowest BCUT2D eigenvalue weighted by Crippen LogP contribution is -2.64. The van der Waals surface area contributed by atoms with Crippen molar-refractivity contribution < 1.29 is 14.6 Å². The monoisotopic (exact) mass is 390 g/mol. The van der Waals surface area contributed by atoms with Crippen LogP contribution in [0.4, 0.5) is 5.82 Å². The summed E-state index contributed by atoms with van der Waals surface area (Å²) in [7, 11) is 0. The molecular weight excluding hydrogens is 364 g/mol. The van der Waals surface area contributed by atoms with Crippen LogP contribution in [-0.4, -0.2) is 57.9 Å². The van der Waals surface area contributed by atoms with E-state index in [0.29, 0.717) is 19.4 Å². The highest BCUT2D eigenvalue weighted by Crippen LogP contribution is 2.41. The molecule has 2 aliphatic rings. The first-order valence-corrected chi connectivity index (χ1v) is 10.4. The number of nitrogens with one attached hydrogen (secondary N) is 1. The molecule has 2 aromatic rings. The van der Waals surface area contributed by atoms with Gasteiger partial charge in [-0.3, -0.25) is 4.79 Å². The molecule has 4 heterocycles. The third-order valence-electron chi connectivity index (χ3n) is 5.86. The number of amides is 1. The number of hydrogen-bond acceptors (Lipinski definition) is 7. The van der Waals surface area contributed by atoms with Gasteiger partial charge in [-0.2, -0.15) is 0 Å². The van der Waals surface area contributed by atoms with Crippen molar-refractivity contribution in [1.29, 1.82) is 0 Å². The zero-order chi connectivity index (χ0) is 19.1. The minimum absolute atomic E-state index is 0.0572. The Kier molecular flexibility index (Phi) is 4.82. The van der Waals surface area contributed by atoms with Crippen molar-refractivity contribution in [2.75, 3.05) is 24.6 Å². The van der Waals surface area contributed by atoms with Gasteiger partial charge in [-0.1, -0.05) is 6.92 Å². The van der Waals surface area contributed by atoms with E-state index < -0.39 is 5.60 Å². The molecule has 0 bridgehead atoms. The summed E-state index contributed by atoms with van der Waals surface area (Å²) in [5, 5.41) is 17.0. The number of aromatic nitrogens is 2. The van der Waals surface area contributed by atoms with Gasteiger partial charge in [-0.05, 0) is 31.2 Å². The maximum Gasteiger partial charge on any atom is 0.220 e. The number of carbonyl (C=O) groups excluding carboxylic acids is 1. The van der Waals surface area contributed by atoms with Crippen LogP contribution in [0.1, 0.15) is 39.5 Å². The Balaban J connectivity index is 1.44. The molecular formula is C19H26N4O3S. The topological polar surface area (TPSA) is 87.6 Å². The zero-order valence-corrected chi connectivity index (χ0v) is 16.6. The second-order valence-electron chi connectivity index (χ2n) is 7.83. The van der Waals surface area contributed by atoms with E-state index in [0.717, 1.165) is 42.0 Å². The predicted octanol–water partition coefficient (Wildman–Crippen LogP) is 2.10. The normalized spacial score (nSPS) is 27.8. The zero-order valence-electron chi connectivity index (χ0n) is 15.8. The van der Waals surface area contributed by atoms with Crippen LogP contribution >= 0.6 is 11.3 Å². The summed E-state index contributed by atoms with van der Waals surface area (Å²) in [5.74, 6) is 0.921. The summed E-state index contributed by atoms with van der Waals surface area (Å²) in [5.41, 5.74) is -1.31. The summed E-state index contributed by atoms with van der Waals surface area (Å²) in [6.07, 6.45) is 4.21. The third-order valence-corrected chi connectivity index (χ3v) is 6.68. The van der Waals surface area contributed by atoms with Crippen LogP contribution in [0, 0.1) is 0 Å². The molecule has 1 amide bonds. The molecule has 0 aromatic carbocycles. The van der Waals surface area contributed by atoms with E-state index in [2.05, 4.69) is 26.3 Å². The number of fused-ring (bicyclic) bond motifs is 1. The van der Waals surface area contributed by atoms with Crippen molar-refractivity contribution in [2.45, 2.75) is 56.8 Å². The largest absolute Gasteiger partial charge is 0.388 e. The van der Waals surface area contributed by atoms with Gasteiger partial charge < -0.3 is 20.1 Å². The lowest BCUT2D eigenvalue weighted by atomic mass is 9.75. The lowest BCUT2D eigenvalue weighted by Gasteiger charge is -2.51. The highest BCUT2D eigenvalue weighted by Gasteiger charge is 2.49. The Morgan fingerprint density at radius 2 is 2.22 bits per heavy atom. The first-order valence-electron chi connectivity index (χ1n) is 9.51. The molecule has 0 radical (unpaired) electrons. The first-order chi connectivity index (χ1) is 12.9. The third kappa shape index (κ3) is 3.53. The van der Waals surface area contributed by atoms with Crippen LogP contribution in [0.25, 0.3) is 10.2 Å². The van der Waals surface area contributed by atoms with Crippen LogP contribution in [-0.2, 0) is 9.53 Å². The average molecular weight is 391 g/mol. The van der Waals surface area contributed by atoms with Crippen LogP contribution in [0.5, 0.6) is 0 Å². The first kappa shape index (κ1) is 18.6. The Morgan fingerprint density at radius 3 is 2.93 bits per heavy atom. The van der Waals surface area contributed by atoms with Crippen molar-refractivity contribution in [1.82, 2.24) is 15.3 Å². The fraction of sp³-hybridized carbons (Fsp3) is 0.632. The molecule has 0 unspecified atom stereocenters. The molecule has 27 heavy (non-hydrogen) atoms. The molecule has 0 saturated carbocycles. The van der Waals surface area contributed by atoms with Crippen LogP contribution in [0.15, 0.2) is 17.8 Å². The summed E-state index contributed by atoms with van der Waals surface area (Å²) < 4.78 is 6.22. The molecule has 1 spiro atoms. The van der Waals surface area contributed by atoms with E-state index >= 15 is 0 Å². The van der Waals surface area contributed by atoms with Crippen molar-refractivity contribution >= 4 is 33.3 Å². The van der Waals surface area contributed by atoms with Crippen LogP contribution in [0.2, 0.25) is 0 Å². The molecule has 7 nitrogen and oxygen atoms in total. The van der Waals surface area contributed by atoms with Gasteiger partial charge in [0.2, 0.25) is 5.91 Å². The van der Waals surface area contributed by atoms with E-state index in [4.69, 9.17) is 4.74 Å². The average Bonchev–Trinajstić information content (AvgIpc) is 3.13. The van der Waals surface area contributed by atoms with E-state index in [9.17, 15) is 9.90 Å². The molecule has 2 atom stereocenters. The van der Waals surface area contributed by atoms with Crippen LogP contribution < -0.4 is 10.2 Å². The maximum atomic E-state index is 11.7. The smallest absolute Gasteiger partial charge is 0.220 e. The molecule has 146 valence electrons. The predicted molar refractivity (Wildman–Crippen MR) is 105 cm³/mol. The van der Waals surface area contributed by atoms with Crippen molar-refractivity contribution in [3.8, 4) is 0 Å². The van der Waals surface area contributed by atoms with Gasteiger partial charge in [0.05, 0.1) is 29.2 Å². The summed E-state index contributed by atoms with van der Waals surface area (Å²) in [6, 6.07) is 1.71. The number of nitrogens with zero attached hydrogens (tertiary/aromatic N) is 3. The van der Waals surface area contributed by atoms with Gasteiger partial charge in [0.15, 0.2) is 0 Å². The highest BCUT2D eigenvalue weighted by molar-refractivity contribution is 7.16. The van der Waals surface area contributed by atoms with Crippen molar-refractivity contribution in [2.24, 2.45) is 0 Å². The summed E-state index contributed by atoms with van der Waals surface area (Å²) in [4.78, 5) is 23.8. The lowest BCUT2D eigenvalue weighted by molar-refractivity contribution is -0.180. The fourth-order valence-corrected chi connectivity index (χ4v) is 4.96. The highest BCUT2D eigenvalue weighted by atomic mass is 32.1. The van der Waals surface area contributed by atoms with Gasteiger partial charge in [0.25, 0.3) is 0 Å².